The van der Waals surface area contributed by atoms with Gasteiger partial charge in [0.2, 0.25) is 10.0 Å². The molecule has 0 bridgehead atoms. The molecule has 1 N–H and O–H groups in total. The highest BCUT2D eigenvalue weighted by atomic mass is 32.2. The number of aryl methyl sites for hydroxylation is 2. The molecule has 21 heavy (non-hydrogen) atoms. The smallest absolute Gasteiger partial charge is 0.317 e. The van der Waals surface area contributed by atoms with Gasteiger partial charge in [0.05, 0.1) is 11.4 Å². The summed E-state index contributed by atoms with van der Waals surface area (Å²) in [5.74, 6) is -0.888. The zero-order valence-corrected chi connectivity index (χ0v) is 13.1. The van der Waals surface area contributed by atoms with Crippen LogP contribution in [0.2, 0.25) is 0 Å². The molecule has 0 unspecified atom stereocenters. The van der Waals surface area contributed by atoms with Crippen LogP contribution in [-0.2, 0) is 14.8 Å². The Morgan fingerprint density at radius 1 is 1.14 bits per heavy atom. The molecule has 0 spiro atoms. The van der Waals surface area contributed by atoms with E-state index in [1.165, 1.54) is 4.31 Å². The second-order valence-corrected chi connectivity index (χ2v) is 7.26. The van der Waals surface area contributed by atoms with Crippen molar-refractivity contribution >= 4 is 16.0 Å². The van der Waals surface area contributed by atoms with E-state index in [4.69, 9.17) is 5.11 Å². The highest BCUT2D eigenvalue weighted by molar-refractivity contribution is 7.89. The highest BCUT2D eigenvalue weighted by Crippen LogP contribution is 2.20. The SMILES string of the molecule is Cc1ccc(S(=O)(=O)N2CCN(CC(=O)O)CC2)cc1C. The van der Waals surface area contributed by atoms with Crippen LogP contribution in [0.4, 0.5) is 0 Å². The van der Waals surface area contributed by atoms with Crippen molar-refractivity contribution in [3.63, 3.8) is 0 Å². The van der Waals surface area contributed by atoms with E-state index in [-0.39, 0.29) is 6.54 Å². The van der Waals surface area contributed by atoms with Gasteiger partial charge in [0.1, 0.15) is 0 Å². The minimum absolute atomic E-state index is 0.0441. The summed E-state index contributed by atoms with van der Waals surface area (Å²) in [6, 6.07) is 5.12. The lowest BCUT2D eigenvalue weighted by Gasteiger charge is -2.33. The summed E-state index contributed by atoms with van der Waals surface area (Å²) in [6.45, 7) is 5.31. The van der Waals surface area contributed by atoms with Crippen LogP contribution in [0.3, 0.4) is 0 Å². The molecular weight excluding hydrogens is 292 g/mol. The third-order valence-corrected chi connectivity index (χ3v) is 5.70. The van der Waals surface area contributed by atoms with Crippen molar-refractivity contribution in [3.05, 3.63) is 29.3 Å². The summed E-state index contributed by atoms with van der Waals surface area (Å²) >= 11 is 0. The van der Waals surface area contributed by atoms with Gasteiger partial charge < -0.3 is 5.11 Å². The van der Waals surface area contributed by atoms with Crippen molar-refractivity contribution in [2.24, 2.45) is 0 Å². The maximum absolute atomic E-state index is 12.6. The highest BCUT2D eigenvalue weighted by Gasteiger charge is 2.29. The second kappa shape index (κ2) is 6.13. The van der Waals surface area contributed by atoms with Gasteiger partial charge in [-0.1, -0.05) is 6.07 Å². The molecule has 0 radical (unpaired) electrons. The maximum atomic E-state index is 12.6. The molecule has 0 saturated carbocycles. The Morgan fingerprint density at radius 2 is 1.76 bits per heavy atom. The summed E-state index contributed by atoms with van der Waals surface area (Å²) in [5.41, 5.74) is 2.00. The summed E-state index contributed by atoms with van der Waals surface area (Å²) < 4.78 is 26.6. The van der Waals surface area contributed by atoms with Gasteiger partial charge in [0.25, 0.3) is 0 Å². The lowest BCUT2D eigenvalue weighted by atomic mass is 10.1. The number of hydrogen-bond donors (Lipinski definition) is 1. The van der Waals surface area contributed by atoms with E-state index in [0.717, 1.165) is 11.1 Å². The molecule has 0 aliphatic carbocycles. The molecule has 0 aromatic heterocycles. The van der Waals surface area contributed by atoms with Gasteiger partial charge in [-0.05, 0) is 37.1 Å². The van der Waals surface area contributed by atoms with Gasteiger partial charge in [-0.25, -0.2) is 8.42 Å². The number of aliphatic carboxylic acids is 1. The van der Waals surface area contributed by atoms with Gasteiger partial charge in [-0.3, -0.25) is 9.69 Å². The molecule has 1 aromatic rings. The fraction of sp³-hybridized carbons (Fsp3) is 0.500. The summed E-state index contributed by atoms with van der Waals surface area (Å²) in [6.07, 6.45) is 0. The van der Waals surface area contributed by atoms with Gasteiger partial charge in [-0.15, -0.1) is 0 Å². The number of rotatable bonds is 4. The van der Waals surface area contributed by atoms with Gasteiger partial charge in [0, 0.05) is 26.2 Å². The van der Waals surface area contributed by atoms with Crippen LogP contribution in [0.25, 0.3) is 0 Å². The predicted molar refractivity (Wildman–Crippen MR) is 78.8 cm³/mol. The quantitative estimate of drug-likeness (QED) is 0.885. The van der Waals surface area contributed by atoms with Gasteiger partial charge in [-0.2, -0.15) is 4.31 Å². The van der Waals surface area contributed by atoms with E-state index in [1.807, 2.05) is 19.9 Å². The monoisotopic (exact) mass is 312 g/mol. The van der Waals surface area contributed by atoms with Crippen molar-refractivity contribution in [2.45, 2.75) is 18.7 Å². The largest absolute Gasteiger partial charge is 0.480 e. The van der Waals surface area contributed by atoms with Crippen LogP contribution >= 0.6 is 0 Å². The minimum Gasteiger partial charge on any atom is -0.480 e. The van der Waals surface area contributed by atoms with E-state index >= 15 is 0 Å². The van der Waals surface area contributed by atoms with Gasteiger partial charge in [0.15, 0.2) is 0 Å². The topological polar surface area (TPSA) is 77.9 Å². The number of carboxylic acids is 1. The van der Waals surface area contributed by atoms with E-state index < -0.39 is 16.0 Å². The lowest BCUT2D eigenvalue weighted by molar-refractivity contribution is -0.138. The standard InChI is InChI=1S/C14H20N2O4S/c1-11-3-4-13(9-12(11)2)21(19,20)16-7-5-15(6-8-16)10-14(17)18/h3-4,9H,5-8,10H2,1-2H3,(H,17,18). The van der Waals surface area contributed by atoms with Gasteiger partial charge >= 0.3 is 5.97 Å². The summed E-state index contributed by atoms with van der Waals surface area (Å²) in [5, 5.41) is 8.75. The molecule has 2 rings (SSSR count). The Morgan fingerprint density at radius 3 is 2.29 bits per heavy atom. The Kier molecular flexibility index (Phi) is 4.65. The molecule has 0 atom stereocenters. The molecule has 1 heterocycles. The fourth-order valence-corrected chi connectivity index (χ4v) is 3.85. The molecular formula is C14H20N2O4S. The number of sulfonamides is 1. The molecule has 1 fully saturated rings. The number of carboxylic acid groups (broad SMARTS) is 1. The van der Waals surface area contributed by atoms with Crippen LogP contribution in [0.5, 0.6) is 0 Å². The van der Waals surface area contributed by atoms with Crippen molar-refractivity contribution in [2.75, 3.05) is 32.7 Å². The average Bonchev–Trinajstić information content (AvgIpc) is 2.41. The normalized spacial score (nSPS) is 17.8. The zero-order valence-electron chi connectivity index (χ0n) is 12.2. The Bertz CT molecular complexity index is 634. The Labute approximate surface area is 125 Å². The van der Waals surface area contributed by atoms with Crippen LogP contribution in [0, 0.1) is 13.8 Å². The van der Waals surface area contributed by atoms with Crippen molar-refractivity contribution in [3.8, 4) is 0 Å². The van der Waals surface area contributed by atoms with Crippen molar-refractivity contribution < 1.29 is 18.3 Å². The number of hydrogen-bond acceptors (Lipinski definition) is 4. The van der Waals surface area contributed by atoms with Crippen molar-refractivity contribution in [1.29, 1.82) is 0 Å². The predicted octanol–water partition coefficient (Wildman–Crippen LogP) is 0.694. The third-order valence-electron chi connectivity index (χ3n) is 3.81. The van der Waals surface area contributed by atoms with E-state index in [1.54, 1.807) is 17.0 Å². The molecule has 116 valence electrons. The summed E-state index contributed by atoms with van der Waals surface area (Å²) in [7, 11) is -3.49. The van der Waals surface area contributed by atoms with Crippen LogP contribution in [0.1, 0.15) is 11.1 Å². The summed E-state index contributed by atoms with van der Waals surface area (Å²) in [4.78, 5) is 12.7. The van der Waals surface area contributed by atoms with E-state index in [2.05, 4.69) is 0 Å². The molecule has 0 amide bonds. The Hall–Kier alpha value is -1.44. The molecule has 1 aromatic carbocycles. The minimum atomic E-state index is -3.49. The first-order valence-electron chi connectivity index (χ1n) is 6.82. The van der Waals surface area contributed by atoms with Crippen LogP contribution in [-0.4, -0.2) is 61.4 Å². The first kappa shape index (κ1) is 15.9. The number of carbonyl (C=O) groups is 1. The van der Waals surface area contributed by atoms with Crippen LogP contribution < -0.4 is 0 Å². The number of piperazine rings is 1. The second-order valence-electron chi connectivity index (χ2n) is 5.32. The molecule has 1 aliphatic rings. The fourth-order valence-electron chi connectivity index (χ4n) is 2.34. The lowest BCUT2D eigenvalue weighted by Crippen LogP contribution is -2.49. The first-order valence-corrected chi connectivity index (χ1v) is 8.26. The molecule has 6 nitrogen and oxygen atoms in total. The molecule has 7 heteroatoms. The molecule has 1 saturated heterocycles. The maximum Gasteiger partial charge on any atom is 0.317 e. The third kappa shape index (κ3) is 3.61. The van der Waals surface area contributed by atoms with E-state index in [0.29, 0.717) is 31.1 Å². The van der Waals surface area contributed by atoms with E-state index in [9.17, 15) is 13.2 Å². The zero-order chi connectivity index (χ0) is 15.6. The van der Waals surface area contributed by atoms with Crippen molar-refractivity contribution in [1.82, 2.24) is 9.21 Å². The number of benzene rings is 1. The number of nitrogens with zero attached hydrogens (tertiary/aromatic N) is 2. The average molecular weight is 312 g/mol. The first-order chi connectivity index (χ1) is 9.80. The molecule has 1 aliphatic heterocycles. The Balaban J connectivity index is 2.11. The van der Waals surface area contributed by atoms with Crippen LogP contribution in [0.15, 0.2) is 23.1 Å².